The number of imide groups is 1. The average molecular weight is 282 g/mol. The standard InChI is InChI=1S/C13H18N2O3S/c1-9(12(16)15-13(17)14-2)19-8-10-5-4-6-11(7-10)18-3/h4-7,9H,8H2,1-3H3,(H2,14,15,16,17). The molecular formula is C13H18N2O3S. The number of hydrogen-bond acceptors (Lipinski definition) is 4. The predicted molar refractivity (Wildman–Crippen MR) is 76.3 cm³/mol. The highest BCUT2D eigenvalue weighted by Gasteiger charge is 2.15. The predicted octanol–water partition coefficient (Wildman–Crippen LogP) is 1.77. The molecule has 1 aromatic rings. The molecule has 0 aromatic heterocycles. The number of amides is 3. The fourth-order valence-corrected chi connectivity index (χ4v) is 2.17. The third-order valence-electron chi connectivity index (χ3n) is 2.47. The van der Waals surface area contributed by atoms with Gasteiger partial charge in [0.1, 0.15) is 5.75 Å². The van der Waals surface area contributed by atoms with Crippen molar-refractivity contribution in [2.45, 2.75) is 17.9 Å². The lowest BCUT2D eigenvalue weighted by Crippen LogP contribution is -2.41. The van der Waals surface area contributed by atoms with E-state index in [-0.39, 0.29) is 11.2 Å². The van der Waals surface area contributed by atoms with E-state index in [2.05, 4.69) is 10.6 Å². The maximum atomic E-state index is 11.6. The van der Waals surface area contributed by atoms with Gasteiger partial charge in [-0.15, -0.1) is 11.8 Å². The molecule has 1 rings (SSSR count). The minimum atomic E-state index is -0.487. The number of carbonyl (C=O) groups excluding carboxylic acids is 2. The van der Waals surface area contributed by atoms with Crippen molar-refractivity contribution < 1.29 is 14.3 Å². The minimum Gasteiger partial charge on any atom is -0.497 e. The summed E-state index contributed by atoms with van der Waals surface area (Å²) in [4.78, 5) is 22.7. The molecule has 104 valence electrons. The zero-order valence-corrected chi connectivity index (χ0v) is 12.0. The molecule has 1 unspecified atom stereocenters. The number of urea groups is 1. The highest BCUT2D eigenvalue weighted by atomic mass is 32.2. The van der Waals surface area contributed by atoms with Crippen LogP contribution >= 0.6 is 11.8 Å². The number of benzene rings is 1. The maximum absolute atomic E-state index is 11.6. The Morgan fingerprint density at radius 1 is 1.42 bits per heavy atom. The summed E-state index contributed by atoms with van der Waals surface area (Å²) in [5.74, 6) is 1.17. The number of carbonyl (C=O) groups is 2. The number of ether oxygens (including phenoxy) is 1. The summed E-state index contributed by atoms with van der Waals surface area (Å²) < 4.78 is 5.13. The van der Waals surface area contributed by atoms with Crippen molar-refractivity contribution in [3.63, 3.8) is 0 Å². The third-order valence-corrected chi connectivity index (χ3v) is 3.68. The third kappa shape index (κ3) is 5.21. The first-order valence-electron chi connectivity index (χ1n) is 5.84. The van der Waals surface area contributed by atoms with Gasteiger partial charge in [-0.3, -0.25) is 10.1 Å². The molecule has 0 bridgehead atoms. The van der Waals surface area contributed by atoms with Gasteiger partial charge in [-0.25, -0.2) is 4.79 Å². The van der Waals surface area contributed by atoms with Gasteiger partial charge in [0, 0.05) is 12.8 Å². The van der Waals surface area contributed by atoms with Crippen molar-refractivity contribution in [2.75, 3.05) is 14.2 Å². The second-order valence-corrected chi connectivity index (χ2v) is 5.20. The monoisotopic (exact) mass is 282 g/mol. The van der Waals surface area contributed by atoms with Crippen molar-refractivity contribution in [1.29, 1.82) is 0 Å². The van der Waals surface area contributed by atoms with E-state index in [1.54, 1.807) is 14.0 Å². The van der Waals surface area contributed by atoms with Gasteiger partial charge in [-0.2, -0.15) is 0 Å². The molecule has 2 N–H and O–H groups in total. The number of thioether (sulfide) groups is 1. The lowest BCUT2D eigenvalue weighted by atomic mass is 10.2. The normalized spacial score (nSPS) is 11.5. The number of nitrogens with one attached hydrogen (secondary N) is 2. The van der Waals surface area contributed by atoms with E-state index in [4.69, 9.17) is 4.74 Å². The van der Waals surface area contributed by atoms with E-state index in [1.165, 1.54) is 18.8 Å². The van der Waals surface area contributed by atoms with Gasteiger partial charge >= 0.3 is 6.03 Å². The van der Waals surface area contributed by atoms with Crippen molar-refractivity contribution in [1.82, 2.24) is 10.6 Å². The summed E-state index contributed by atoms with van der Waals surface area (Å²) in [5, 5.41) is 4.29. The Hall–Kier alpha value is -1.69. The molecule has 0 spiro atoms. The van der Waals surface area contributed by atoms with Crippen LogP contribution in [0.1, 0.15) is 12.5 Å². The Kier molecular flexibility index (Phi) is 6.21. The van der Waals surface area contributed by atoms with Crippen molar-refractivity contribution in [2.24, 2.45) is 0 Å². The van der Waals surface area contributed by atoms with Crippen LogP contribution in [0, 0.1) is 0 Å². The number of methoxy groups -OCH3 is 1. The summed E-state index contributed by atoms with van der Waals surface area (Å²) in [6.45, 7) is 1.77. The molecule has 0 aliphatic rings. The van der Waals surface area contributed by atoms with E-state index in [9.17, 15) is 9.59 Å². The van der Waals surface area contributed by atoms with Crippen molar-refractivity contribution in [3.8, 4) is 5.75 Å². The molecule has 0 aliphatic carbocycles. The van der Waals surface area contributed by atoms with Gasteiger partial charge in [-0.1, -0.05) is 12.1 Å². The molecule has 0 radical (unpaired) electrons. The Balaban J connectivity index is 2.46. The first-order chi connectivity index (χ1) is 9.06. The molecule has 0 heterocycles. The van der Waals surface area contributed by atoms with E-state index >= 15 is 0 Å². The lowest BCUT2D eigenvalue weighted by Gasteiger charge is -2.11. The quantitative estimate of drug-likeness (QED) is 0.863. The summed E-state index contributed by atoms with van der Waals surface area (Å²) in [7, 11) is 3.09. The van der Waals surface area contributed by atoms with Gasteiger partial charge in [-0.05, 0) is 24.6 Å². The van der Waals surface area contributed by atoms with E-state index in [0.717, 1.165) is 11.3 Å². The zero-order chi connectivity index (χ0) is 14.3. The maximum Gasteiger partial charge on any atom is 0.321 e. The largest absolute Gasteiger partial charge is 0.497 e. The minimum absolute atomic E-state index is 0.299. The second kappa shape index (κ2) is 7.68. The van der Waals surface area contributed by atoms with Crippen LogP contribution in [0.5, 0.6) is 5.75 Å². The van der Waals surface area contributed by atoms with Crippen LogP contribution < -0.4 is 15.4 Å². The molecule has 0 saturated heterocycles. The summed E-state index contributed by atoms with van der Waals surface area (Å²) in [6.07, 6.45) is 0. The van der Waals surface area contributed by atoms with Crippen LogP contribution in [0.15, 0.2) is 24.3 Å². The highest BCUT2D eigenvalue weighted by Crippen LogP contribution is 2.21. The highest BCUT2D eigenvalue weighted by molar-refractivity contribution is 7.99. The Morgan fingerprint density at radius 2 is 2.16 bits per heavy atom. The van der Waals surface area contributed by atoms with Gasteiger partial charge in [0.2, 0.25) is 5.91 Å². The fourth-order valence-electron chi connectivity index (χ4n) is 1.34. The van der Waals surface area contributed by atoms with Gasteiger partial charge in [0.05, 0.1) is 12.4 Å². The van der Waals surface area contributed by atoms with Gasteiger partial charge in [0.15, 0.2) is 0 Å². The second-order valence-electron chi connectivity index (χ2n) is 3.87. The van der Waals surface area contributed by atoms with Crippen LogP contribution in [0.3, 0.4) is 0 Å². The number of hydrogen-bond donors (Lipinski definition) is 2. The van der Waals surface area contributed by atoms with Crippen LogP contribution in [0.2, 0.25) is 0 Å². The van der Waals surface area contributed by atoms with E-state index in [1.807, 2.05) is 24.3 Å². The molecule has 19 heavy (non-hydrogen) atoms. The van der Waals surface area contributed by atoms with Crippen LogP contribution in [-0.4, -0.2) is 31.3 Å². The molecule has 1 atom stereocenters. The topological polar surface area (TPSA) is 67.4 Å². The first-order valence-corrected chi connectivity index (χ1v) is 6.88. The summed E-state index contributed by atoms with van der Waals surface area (Å²) in [6, 6.07) is 7.19. The van der Waals surface area contributed by atoms with Crippen molar-refractivity contribution in [3.05, 3.63) is 29.8 Å². The SMILES string of the molecule is CNC(=O)NC(=O)C(C)SCc1cccc(OC)c1. The summed E-state index contributed by atoms with van der Waals surface area (Å²) in [5.41, 5.74) is 1.07. The smallest absolute Gasteiger partial charge is 0.321 e. The van der Waals surface area contributed by atoms with Crippen LogP contribution in [-0.2, 0) is 10.5 Å². The Bertz CT molecular complexity index is 451. The number of rotatable bonds is 5. The lowest BCUT2D eigenvalue weighted by molar-refractivity contribution is -0.119. The Morgan fingerprint density at radius 3 is 2.79 bits per heavy atom. The molecule has 3 amide bonds. The van der Waals surface area contributed by atoms with Crippen LogP contribution in [0.4, 0.5) is 4.79 Å². The molecule has 5 nitrogen and oxygen atoms in total. The molecular weight excluding hydrogens is 264 g/mol. The Labute approximate surface area is 117 Å². The van der Waals surface area contributed by atoms with E-state index < -0.39 is 6.03 Å². The molecule has 0 saturated carbocycles. The molecule has 6 heteroatoms. The van der Waals surface area contributed by atoms with Gasteiger partial charge < -0.3 is 10.1 Å². The fraction of sp³-hybridized carbons (Fsp3) is 0.385. The molecule has 0 aliphatic heterocycles. The van der Waals surface area contributed by atoms with Crippen LogP contribution in [0.25, 0.3) is 0 Å². The molecule has 0 fully saturated rings. The average Bonchev–Trinajstić information content (AvgIpc) is 2.44. The zero-order valence-electron chi connectivity index (χ0n) is 11.2. The van der Waals surface area contributed by atoms with E-state index in [0.29, 0.717) is 5.75 Å². The summed E-state index contributed by atoms with van der Waals surface area (Å²) >= 11 is 1.46. The van der Waals surface area contributed by atoms with Crippen molar-refractivity contribution >= 4 is 23.7 Å². The van der Waals surface area contributed by atoms with Gasteiger partial charge in [0.25, 0.3) is 0 Å². The molecule has 1 aromatic carbocycles. The first kappa shape index (κ1) is 15.4.